The molecule has 2 aliphatic carbocycles. The van der Waals surface area contributed by atoms with Gasteiger partial charge in [-0.05, 0) is 59.8 Å². The highest BCUT2D eigenvalue weighted by molar-refractivity contribution is 7.91. The number of rotatable bonds is 6. The predicted octanol–water partition coefficient (Wildman–Crippen LogP) is 1.45. The lowest BCUT2D eigenvalue weighted by atomic mass is 10.1. The summed E-state index contributed by atoms with van der Waals surface area (Å²) in [6, 6.07) is -0.770. The van der Waals surface area contributed by atoms with Crippen molar-refractivity contribution >= 4 is 27.9 Å². The van der Waals surface area contributed by atoms with Gasteiger partial charge in [0.25, 0.3) is 5.91 Å². The summed E-state index contributed by atoms with van der Waals surface area (Å²) < 4.78 is 31.5. The molecule has 0 aromatic rings. The molecule has 1 aliphatic heterocycles. The molecule has 0 bridgehead atoms. The maximum Gasteiger partial charge on any atom is 0.410 e. The Bertz CT molecular complexity index is 873. The molecule has 3 fully saturated rings. The van der Waals surface area contributed by atoms with Gasteiger partial charge in [0.1, 0.15) is 17.2 Å². The van der Waals surface area contributed by atoms with Crippen molar-refractivity contribution in [2.45, 2.75) is 81.7 Å². The Morgan fingerprint density at radius 1 is 1.23 bits per heavy atom. The fourth-order valence-electron chi connectivity index (χ4n) is 3.70. The number of hydrogen-bond donors (Lipinski definition) is 2. The summed E-state index contributed by atoms with van der Waals surface area (Å²) in [7, 11) is -3.83. The van der Waals surface area contributed by atoms with E-state index in [-0.39, 0.29) is 12.3 Å². The van der Waals surface area contributed by atoms with Gasteiger partial charge in [-0.25, -0.2) is 13.2 Å². The number of sulfonamides is 1. The van der Waals surface area contributed by atoms with E-state index in [1.165, 1.54) is 11.0 Å². The minimum atomic E-state index is -3.83. The molecular formula is C20H31N3O6S. The number of carbonyl (C=O) groups excluding carboxylic acids is 3. The third-order valence-electron chi connectivity index (χ3n) is 6.06. The average molecular weight is 442 g/mol. The highest BCUT2D eigenvalue weighted by Gasteiger charge is 2.62. The van der Waals surface area contributed by atoms with Gasteiger partial charge in [-0.1, -0.05) is 6.08 Å². The second kappa shape index (κ2) is 7.25. The van der Waals surface area contributed by atoms with Crippen molar-refractivity contribution in [3.8, 4) is 0 Å². The first-order valence-corrected chi connectivity index (χ1v) is 11.7. The van der Waals surface area contributed by atoms with Gasteiger partial charge in [-0.2, -0.15) is 0 Å². The zero-order valence-corrected chi connectivity index (χ0v) is 18.8. The van der Waals surface area contributed by atoms with Crippen molar-refractivity contribution < 1.29 is 27.5 Å². The summed E-state index contributed by atoms with van der Waals surface area (Å²) in [4.78, 5) is 39.7. The fraction of sp³-hybridized carbons (Fsp3) is 0.750. The van der Waals surface area contributed by atoms with Crippen molar-refractivity contribution in [2.24, 2.45) is 5.92 Å². The predicted molar refractivity (Wildman–Crippen MR) is 110 cm³/mol. The number of carbonyl (C=O) groups is 3. The van der Waals surface area contributed by atoms with Crippen LogP contribution in [0.25, 0.3) is 0 Å². The Hall–Kier alpha value is -2.10. The Kier molecular flexibility index (Phi) is 5.46. The van der Waals surface area contributed by atoms with Crippen LogP contribution in [0.15, 0.2) is 12.7 Å². The summed E-state index contributed by atoms with van der Waals surface area (Å²) in [6.07, 6.45) is 3.27. The molecule has 0 spiro atoms. The lowest BCUT2D eigenvalue weighted by Crippen LogP contribution is -2.57. The summed E-state index contributed by atoms with van der Waals surface area (Å²) in [6.45, 7) is 10.9. The molecule has 3 atom stereocenters. The molecule has 0 aromatic carbocycles. The maximum absolute atomic E-state index is 13.0. The first-order chi connectivity index (χ1) is 13.7. The monoisotopic (exact) mass is 441 g/mol. The molecule has 3 rings (SSSR count). The molecule has 1 saturated heterocycles. The minimum absolute atomic E-state index is 0.263. The van der Waals surface area contributed by atoms with E-state index in [0.29, 0.717) is 32.2 Å². The van der Waals surface area contributed by atoms with Gasteiger partial charge in [0.15, 0.2) is 0 Å². The Morgan fingerprint density at radius 2 is 1.87 bits per heavy atom. The Morgan fingerprint density at radius 3 is 2.37 bits per heavy atom. The van der Waals surface area contributed by atoms with E-state index in [2.05, 4.69) is 16.6 Å². The van der Waals surface area contributed by atoms with Crippen LogP contribution in [-0.2, 0) is 24.3 Å². The van der Waals surface area contributed by atoms with Crippen LogP contribution in [0.2, 0.25) is 0 Å². The number of likely N-dealkylation sites (tertiary alicyclic amines) is 1. The number of hydrogen-bond acceptors (Lipinski definition) is 6. The normalized spacial score (nSPS) is 29.7. The molecule has 168 valence electrons. The van der Waals surface area contributed by atoms with Gasteiger partial charge in [-0.15, -0.1) is 6.58 Å². The largest absolute Gasteiger partial charge is 0.444 e. The first kappa shape index (κ1) is 22.6. The minimum Gasteiger partial charge on any atom is -0.444 e. The molecule has 3 amide bonds. The molecule has 0 aromatic heterocycles. The smallest absolute Gasteiger partial charge is 0.410 e. The third kappa shape index (κ3) is 4.19. The van der Waals surface area contributed by atoms with E-state index in [0.717, 1.165) is 0 Å². The molecule has 2 N–H and O–H groups in total. The van der Waals surface area contributed by atoms with Crippen molar-refractivity contribution in [3.05, 3.63) is 12.7 Å². The average Bonchev–Trinajstić information content (AvgIpc) is 3.47. The Labute approximate surface area is 177 Å². The van der Waals surface area contributed by atoms with E-state index in [4.69, 9.17) is 4.74 Å². The van der Waals surface area contributed by atoms with Crippen LogP contribution in [-0.4, -0.2) is 59.7 Å². The fourth-order valence-corrected chi connectivity index (χ4v) is 5.01. The molecule has 30 heavy (non-hydrogen) atoms. The lowest BCUT2D eigenvalue weighted by Gasteiger charge is -2.29. The van der Waals surface area contributed by atoms with Gasteiger partial charge in [0, 0.05) is 12.5 Å². The summed E-state index contributed by atoms with van der Waals surface area (Å²) in [5.41, 5.74) is -2.06. The Balaban J connectivity index is 1.72. The highest BCUT2D eigenvalue weighted by atomic mass is 32.2. The topological polar surface area (TPSA) is 122 Å². The van der Waals surface area contributed by atoms with Crippen molar-refractivity contribution in [1.82, 2.24) is 14.9 Å². The quantitative estimate of drug-likeness (QED) is 0.602. The van der Waals surface area contributed by atoms with E-state index in [1.807, 2.05) is 0 Å². The third-order valence-corrected chi connectivity index (χ3v) is 8.22. The SMILES string of the molecule is C=C[C@@H]1C[C@]1(NC(=O)C1CCCN1C(=O)OC(C)(C)C)C(=O)NS(=O)(=O)C1(C)CC1. The molecule has 0 radical (unpaired) electrons. The van der Waals surface area contributed by atoms with Gasteiger partial charge >= 0.3 is 6.09 Å². The number of nitrogens with zero attached hydrogens (tertiary/aromatic N) is 1. The van der Waals surface area contributed by atoms with Crippen LogP contribution in [0.1, 0.15) is 59.8 Å². The second-order valence-electron chi connectivity index (χ2n) is 9.72. The maximum atomic E-state index is 13.0. The van der Waals surface area contributed by atoms with Gasteiger partial charge in [0.2, 0.25) is 15.9 Å². The summed E-state index contributed by atoms with van der Waals surface area (Å²) in [5.74, 6) is -1.62. The lowest BCUT2D eigenvalue weighted by molar-refractivity contribution is -0.131. The van der Waals surface area contributed by atoms with Crippen LogP contribution in [0.3, 0.4) is 0 Å². The van der Waals surface area contributed by atoms with E-state index >= 15 is 0 Å². The second-order valence-corrected chi connectivity index (χ2v) is 11.9. The van der Waals surface area contributed by atoms with Crippen LogP contribution < -0.4 is 10.0 Å². The van der Waals surface area contributed by atoms with Crippen molar-refractivity contribution in [3.63, 3.8) is 0 Å². The van der Waals surface area contributed by atoms with Crippen molar-refractivity contribution in [1.29, 1.82) is 0 Å². The molecule has 1 unspecified atom stereocenters. The first-order valence-electron chi connectivity index (χ1n) is 10.3. The molecule has 3 aliphatic rings. The standard InChI is InChI=1S/C20H31N3O6S/c1-6-13-12-20(13,16(25)22-30(27,28)19(5)9-10-19)21-15(24)14-8-7-11-23(14)17(26)29-18(2,3)4/h6,13-14H,1,7-12H2,2-5H3,(H,21,24)(H,22,25)/t13-,14?,20-/m1/s1. The van der Waals surface area contributed by atoms with Gasteiger partial charge in [0.05, 0.1) is 4.75 Å². The molecule has 1 heterocycles. The zero-order valence-electron chi connectivity index (χ0n) is 18.0. The van der Waals surface area contributed by atoms with Crippen LogP contribution in [0.4, 0.5) is 4.79 Å². The van der Waals surface area contributed by atoms with Gasteiger partial charge < -0.3 is 10.1 Å². The van der Waals surface area contributed by atoms with E-state index < -0.39 is 49.9 Å². The van der Waals surface area contributed by atoms with Crippen LogP contribution in [0, 0.1) is 5.92 Å². The summed E-state index contributed by atoms with van der Waals surface area (Å²) in [5, 5.41) is 2.72. The summed E-state index contributed by atoms with van der Waals surface area (Å²) >= 11 is 0. The van der Waals surface area contributed by atoms with E-state index in [1.54, 1.807) is 27.7 Å². The molecule has 2 saturated carbocycles. The van der Waals surface area contributed by atoms with Crippen LogP contribution in [0.5, 0.6) is 0 Å². The number of nitrogens with one attached hydrogen (secondary N) is 2. The number of ether oxygens (including phenoxy) is 1. The molecule has 9 nitrogen and oxygen atoms in total. The molecule has 10 heteroatoms. The van der Waals surface area contributed by atoms with Crippen LogP contribution >= 0.6 is 0 Å². The number of amides is 3. The molecular weight excluding hydrogens is 410 g/mol. The van der Waals surface area contributed by atoms with Gasteiger partial charge in [-0.3, -0.25) is 19.2 Å². The highest BCUT2D eigenvalue weighted by Crippen LogP contribution is 2.47. The zero-order chi connectivity index (χ0) is 22.5. The van der Waals surface area contributed by atoms with Crippen molar-refractivity contribution in [2.75, 3.05) is 6.54 Å². The van der Waals surface area contributed by atoms with E-state index in [9.17, 15) is 22.8 Å².